The SMILES string of the molecule is CC(=O)Oc1ccc([C@@H]2C3=C(CCCC3=O)N=C(C)C2C(=O)OC2CCCC2)cc1. The Bertz CT molecular complexity index is 921. The van der Waals surface area contributed by atoms with Crippen LogP contribution in [0.25, 0.3) is 0 Å². The van der Waals surface area contributed by atoms with Crippen molar-refractivity contribution in [3.05, 3.63) is 41.1 Å². The van der Waals surface area contributed by atoms with Crippen molar-refractivity contribution in [2.24, 2.45) is 10.9 Å². The first kappa shape index (κ1) is 20.5. The van der Waals surface area contributed by atoms with E-state index >= 15 is 0 Å². The Kier molecular flexibility index (Phi) is 5.84. The van der Waals surface area contributed by atoms with Crippen molar-refractivity contribution in [1.82, 2.24) is 0 Å². The first-order chi connectivity index (χ1) is 14.4. The van der Waals surface area contributed by atoms with Crippen LogP contribution in [0.15, 0.2) is 40.5 Å². The fourth-order valence-electron chi connectivity index (χ4n) is 4.82. The molecule has 3 aliphatic rings. The van der Waals surface area contributed by atoms with Crippen molar-refractivity contribution in [2.45, 2.75) is 70.8 Å². The summed E-state index contributed by atoms with van der Waals surface area (Å²) < 4.78 is 11.0. The molecule has 0 radical (unpaired) electrons. The first-order valence-corrected chi connectivity index (χ1v) is 10.7. The molecule has 6 nitrogen and oxygen atoms in total. The number of esters is 2. The molecule has 1 unspecified atom stereocenters. The number of carbonyl (C=O) groups is 3. The van der Waals surface area contributed by atoms with Crippen LogP contribution in [0, 0.1) is 5.92 Å². The highest BCUT2D eigenvalue weighted by Gasteiger charge is 2.43. The van der Waals surface area contributed by atoms with Gasteiger partial charge >= 0.3 is 11.9 Å². The Balaban J connectivity index is 1.71. The summed E-state index contributed by atoms with van der Waals surface area (Å²) in [6.45, 7) is 3.20. The number of nitrogens with zero attached hydrogens (tertiary/aromatic N) is 1. The van der Waals surface area contributed by atoms with Crippen molar-refractivity contribution in [3.8, 4) is 5.75 Å². The van der Waals surface area contributed by atoms with E-state index in [1.807, 2.05) is 19.1 Å². The second-order valence-corrected chi connectivity index (χ2v) is 8.35. The Hall–Kier alpha value is -2.76. The molecule has 1 saturated carbocycles. The molecule has 0 spiro atoms. The van der Waals surface area contributed by atoms with Gasteiger partial charge in [-0.3, -0.25) is 19.4 Å². The largest absolute Gasteiger partial charge is 0.462 e. The van der Waals surface area contributed by atoms with Crippen LogP contribution in [0.3, 0.4) is 0 Å². The van der Waals surface area contributed by atoms with E-state index in [9.17, 15) is 14.4 Å². The molecule has 0 saturated heterocycles. The lowest BCUT2D eigenvalue weighted by atomic mass is 9.72. The maximum absolute atomic E-state index is 13.2. The van der Waals surface area contributed by atoms with Crippen molar-refractivity contribution in [2.75, 3.05) is 0 Å². The number of hydrogen-bond acceptors (Lipinski definition) is 6. The number of allylic oxidation sites excluding steroid dienone is 2. The topological polar surface area (TPSA) is 82.0 Å². The van der Waals surface area contributed by atoms with Gasteiger partial charge in [0.25, 0.3) is 0 Å². The molecule has 0 N–H and O–H groups in total. The second kappa shape index (κ2) is 8.54. The minimum Gasteiger partial charge on any atom is -0.462 e. The standard InChI is InChI=1S/C24H27NO5/c1-14-21(24(28)30-17-6-3-4-7-17)22(23-19(25-14)8-5-9-20(23)27)16-10-12-18(13-11-16)29-15(2)26/h10-13,17,21-22H,3-9H2,1-2H3/t21?,22-/m0/s1. The number of rotatable bonds is 4. The molecule has 2 atom stereocenters. The zero-order chi connectivity index (χ0) is 21.3. The van der Waals surface area contributed by atoms with Crippen molar-refractivity contribution >= 4 is 23.4 Å². The summed E-state index contributed by atoms with van der Waals surface area (Å²) >= 11 is 0. The van der Waals surface area contributed by atoms with E-state index in [4.69, 9.17) is 9.47 Å². The predicted molar refractivity (Wildman–Crippen MR) is 111 cm³/mol. The number of ether oxygens (including phenoxy) is 2. The smallest absolute Gasteiger partial charge is 0.315 e. The third-order valence-electron chi connectivity index (χ3n) is 6.17. The van der Waals surface area contributed by atoms with Gasteiger partial charge in [0.15, 0.2) is 5.78 Å². The average Bonchev–Trinajstić information content (AvgIpc) is 3.20. The molecule has 0 bridgehead atoms. The van der Waals surface area contributed by atoms with E-state index in [2.05, 4.69) is 4.99 Å². The lowest BCUT2D eigenvalue weighted by Gasteiger charge is -2.35. The summed E-state index contributed by atoms with van der Waals surface area (Å²) in [6.07, 6.45) is 5.88. The molecule has 0 amide bonds. The highest BCUT2D eigenvalue weighted by molar-refractivity contribution is 6.08. The van der Waals surface area contributed by atoms with Crippen LogP contribution in [-0.4, -0.2) is 29.5 Å². The predicted octanol–water partition coefficient (Wildman–Crippen LogP) is 4.28. The number of aliphatic imine (C=N–C) groups is 1. The molecule has 2 aliphatic carbocycles. The molecule has 1 aliphatic heterocycles. The van der Waals surface area contributed by atoms with Crippen LogP contribution in [-0.2, 0) is 19.1 Å². The van der Waals surface area contributed by atoms with Gasteiger partial charge in [-0.1, -0.05) is 12.1 Å². The summed E-state index contributed by atoms with van der Waals surface area (Å²) in [7, 11) is 0. The third-order valence-corrected chi connectivity index (χ3v) is 6.17. The van der Waals surface area contributed by atoms with Gasteiger partial charge in [-0.05, 0) is 63.1 Å². The van der Waals surface area contributed by atoms with E-state index in [0.29, 0.717) is 23.5 Å². The zero-order valence-electron chi connectivity index (χ0n) is 17.5. The lowest BCUT2D eigenvalue weighted by Crippen LogP contribution is -2.38. The van der Waals surface area contributed by atoms with Gasteiger partial charge in [0.1, 0.15) is 17.8 Å². The van der Waals surface area contributed by atoms with E-state index < -0.39 is 17.8 Å². The maximum Gasteiger partial charge on any atom is 0.315 e. The maximum atomic E-state index is 13.2. The van der Waals surface area contributed by atoms with Crippen molar-refractivity contribution in [1.29, 1.82) is 0 Å². The molecule has 1 fully saturated rings. The van der Waals surface area contributed by atoms with Crippen LogP contribution < -0.4 is 4.74 Å². The summed E-state index contributed by atoms with van der Waals surface area (Å²) in [6, 6.07) is 7.04. The second-order valence-electron chi connectivity index (χ2n) is 8.35. The fraction of sp³-hybridized carbons (Fsp3) is 0.500. The molecule has 158 valence electrons. The van der Waals surface area contributed by atoms with E-state index in [1.165, 1.54) is 6.92 Å². The van der Waals surface area contributed by atoms with Gasteiger partial charge in [-0.15, -0.1) is 0 Å². The Morgan fingerprint density at radius 2 is 1.73 bits per heavy atom. The van der Waals surface area contributed by atoms with Gasteiger partial charge in [-0.2, -0.15) is 0 Å². The van der Waals surface area contributed by atoms with Crippen LogP contribution in [0.1, 0.15) is 70.3 Å². The minimum absolute atomic E-state index is 0.0465. The molecule has 1 aromatic rings. The van der Waals surface area contributed by atoms with Gasteiger partial charge in [0, 0.05) is 36.2 Å². The van der Waals surface area contributed by atoms with Crippen molar-refractivity contribution in [3.63, 3.8) is 0 Å². The zero-order valence-corrected chi connectivity index (χ0v) is 17.5. The van der Waals surface area contributed by atoms with Gasteiger partial charge in [0.2, 0.25) is 0 Å². The minimum atomic E-state index is -0.619. The van der Waals surface area contributed by atoms with Crippen LogP contribution in [0.5, 0.6) is 5.75 Å². The average molecular weight is 409 g/mol. The highest BCUT2D eigenvalue weighted by Crippen LogP contribution is 2.44. The van der Waals surface area contributed by atoms with E-state index in [-0.39, 0.29) is 17.9 Å². The van der Waals surface area contributed by atoms with E-state index in [1.54, 1.807) is 12.1 Å². The first-order valence-electron chi connectivity index (χ1n) is 10.7. The molecular formula is C24H27NO5. The Morgan fingerprint density at radius 3 is 2.40 bits per heavy atom. The Morgan fingerprint density at radius 1 is 1.03 bits per heavy atom. The number of benzene rings is 1. The Labute approximate surface area is 176 Å². The molecule has 4 rings (SSSR count). The number of Topliss-reactive ketones (excluding diaryl/α,β-unsaturated/α-hetero) is 1. The van der Waals surface area contributed by atoms with Crippen LogP contribution >= 0.6 is 0 Å². The number of ketones is 1. The van der Waals surface area contributed by atoms with Gasteiger partial charge < -0.3 is 9.47 Å². The van der Waals surface area contributed by atoms with Crippen molar-refractivity contribution < 1.29 is 23.9 Å². The van der Waals surface area contributed by atoms with Crippen LogP contribution in [0.4, 0.5) is 0 Å². The summed E-state index contributed by atoms with van der Waals surface area (Å²) in [5.74, 6) is -1.26. The molecule has 0 aromatic heterocycles. The highest BCUT2D eigenvalue weighted by atomic mass is 16.5. The molecule has 6 heteroatoms. The fourth-order valence-corrected chi connectivity index (χ4v) is 4.82. The molecule has 1 heterocycles. The normalized spacial score (nSPS) is 24.3. The number of carbonyl (C=O) groups excluding carboxylic acids is 3. The monoisotopic (exact) mass is 409 g/mol. The molecular weight excluding hydrogens is 382 g/mol. The molecule has 1 aromatic carbocycles. The van der Waals surface area contributed by atoms with Gasteiger partial charge in [0.05, 0.1) is 0 Å². The van der Waals surface area contributed by atoms with Crippen LogP contribution in [0.2, 0.25) is 0 Å². The summed E-state index contributed by atoms with van der Waals surface area (Å²) in [5, 5.41) is 0. The lowest BCUT2D eigenvalue weighted by molar-refractivity contribution is -0.151. The quantitative estimate of drug-likeness (QED) is 0.548. The third kappa shape index (κ3) is 4.09. The van der Waals surface area contributed by atoms with Gasteiger partial charge in [-0.25, -0.2) is 0 Å². The molecule has 30 heavy (non-hydrogen) atoms. The summed E-state index contributed by atoms with van der Waals surface area (Å²) in [4.78, 5) is 42.0. The number of hydrogen-bond donors (Lipinski definition) is 0. The van der Waals surface area contributed by atoms with E-state index in [0.717, 1.165) is 49.8 Å². The summed E-state index contributed by atoms with van der Waals surface area (Å²) in [5.41, 5.74) is 2.96.